The number of aryl methyl sites for hydroxylation is 1. The van der Waals surface area contributed by atoms with Gasteiger partial charge in [0.15, 0.2) is 11.5 Å². The summed E-state index contributed by atoms with van der Waals surface area (Å²) < 4.78 is 15.7. The van der Waals surface area contributed by atoms with E-state index in [1.165, 1.54) is 5.56 Å². The van der Waals surface area contributed by atoms with Crippen molar-refractivity contribution < 1.29 is 19.0 Å². The number of benzene rings is 1. The molecule has 0 aromatic heterocycles. The molecule has 5 nitrogen and oxygen atoms in total. The fraction of sp³-hybridized carbons (Fsp3) is 0.562. The quantitative estimate of drug-likeness (QED) is 0.782. The third-order valence-electron chi connectivity index (χ3n) is 3.48. The number of fused-ring (bicyclic) bond motifs is 1. The van der Waals surface area contributed by atoms with Gasteiger partial charge in [0.25, 0.3) is 0 Å². The number of carbonyl (C=O) groups is 1. The second-order valence-electron chi connectivity index (χ2n) is 5.27. The lowest BCUT2D eigenvalue weighted by atomic mass is 10.0. The molecule has 1 heterocycles. The van der Waals surface area contributed by atoms with Crippen molar-refractivity contribution in [1.82, 2.24) is 5.32 Å². The minimum Gasteiger partial charge on any atom is -0.465 e. The Morgan fingerprint density at radius 3 is 2.86 bits per heavy atom. The van der Waals surface area contributed by atoms with Crippen LogP contribution in [0.4, 0.5) is 0 Å². The SMILES string of the molecule is CCOC(=O)C(C)NC(C)CCc1ccc2c(c1)OCO2. The maximum absolute atomic E-state index is 11.6. The van der Waals surface area contributed by atoms with Gasteiger partial charge in [0.05, 0.1) is 6.61 Å². The van der Waals surface area contributed by atoms with Gasteiger partial charge in [-0.25, -0.2) is 0 Å². The van der Waals surface area contributed by atoms with E-state index in [1.54, 1.807) is 0 Å². The summed E-state index contributed by atoms with van der Waals surface area (Å²) in [4.78, 5) is 11.6. The summed E-state index contributed by atoms with van der Waals surface area (Å²) >= 11 is 0. The van der Waals surface area contributed by atoms with Crippen LogP contribution in [0.25, 0.3) is 0 Å². The molecule has 0 saturated heterocycles. The summed E-state index contributed by atoms with van der Waals surface area (Å²) in [5, 5.41) is 3.26. The van der Waals surface area contributed by atoms with Crippen LogP contribution in [0.5, 0.6) is 11.5 Å². The van der Waals surface area contributed by atoms with E-state index in [2.05, 4.69) is 18.3 Å². The Bertz CT molecular complexity index is 489. The molecule has 0 radical (unpaired) electrons. The highest BCUT2D eigenvalue weighted by molar-refractivity contribution is 5.75. The van der Waals surface area contributed by atoms with E-state index in [9.17, 15) is 4.79 Å². The van der Waals surface area contributed by atoms with E-state index >= 15 is 0 Å². The Balaban J connectivity index is 1.78. The van der Waals surface area contributed by atoms with Gasteiger partial charge < -0.3 is 19.5 Å². The number of ether oxygens (including phenoxy) is 3. The Hall–Kier alpha value is -1.75. The predicted octanol–water partition coefficient (Wildman–Crippen LogP) is 2.28. The molecule has 1 aliphatic rings. The lowest BCUT2D eigenvalue weighted by Crippen LogP contribution is -2.41. The van der Waals surface area contributed by atoms with E-state index in [0.717, 1.165) is 24.3 Å². The number of carbonyl (C=O) groups excluding carboxylic acids is 1. The first kappa shape index (κ1) is 15.6. The molecule has 0 aliphatic carbocycles. The van der Waals surface area contributed by atoms with E-state index in [1.807, 2.05) is 26.0 Å². The topological polar surface area (TPSA) is 56.8 Å². The average molecular weight is 293 g/mol. The van der Waals surface area contributed by atoms with Crippen LogP contribution in [0.2, 0.25) is 0 Å². The lowest BCUT2D eigenvalue weighted by Gasteiger charge is -2.18. The smallest absolute Gasteiger partial charge is 0.322 e. The first-order valence-electron chi connectivity index (χ1n) is 7.41. The molecule has 1 aliphatic heterocycles. The first-order chi connectivity index (χ1) is 10.1. The van der Waals surface area contributed by atoms with Crippen LogP contribution in [0.1, 0.15) is 32.8 Å². The standard InChI is InChI=1S/C16H23NO4/c1-4-19-16(18)12(3)17-11(2)5-6-13-7-8-14-15(9-13)21-10-20-14/h7-9,11-12,17H,4-6,10H2,1-3H3. The molecule has 1 aromatic carbocycles. The van der Waals surface area contributed by atoms with Gasteiger partial charge in [-0.05, 0) is 51.3 Å². The number of esters is 1. The zero-order valence-corrected chi connectivity index (χ0v) is 12.8. The summed E-state index contributed by atoms with van der Waals surface area (Å²) in [6.07, 6.45) is 1.85. The van der Waals surface area contributed by atoms with Crippen LogP contribution >= 0.6 is 0 Å². The van der Waals surface area contributed by atoms with Crippen molar-refractivity contribution in [3.63, 3.8) is 0 Å². The Labute approximate surface area is 125 Å². The van der Waals surface area contributed by atoms with Crippen LogP contribution in [-0.4, -0.2) is 31.5 Å². The second-order valence-corrected chi connectivity index (χ2v) is 5.27. The van der Waals surface area contributed by atoms with Crippen LogP contribution in [-0.2, 0) is 16.0 Å². The van der Waals surface area contributed by atoms with Crippen molar-refractivity contribution in [1.29, 1.82) is 0 Å². The highest BCUT2D eigenvalue weighted by Gasteiger charge is 2.17. The van der Waals surface area contributed by atoms with Crippen molar-refractivity contribution >= 4 is 5.97 Å². The van der Waals surface area contributed by atoms with Crippen molar-refractivity contribution in [2.45, 2.75) is 45.7 Å². The van der Waals surface area contributed by atoms with E-state index < -0.39 is 0 Å². The maximum Gasteiger partial charge on any atom is 0.322 e. The zero-order valence-electron chi connectivity index (χ0n) is 12.8. The van der Waals surface area contributed by atoms with Gasteiger partial charge in [0.1, 0.15) is 6.04 Å². The van der Waals surface area contributed by atoms with Crippen LogP contribution < -0.4 is 14.8 Å². The predicted molar refractivity (Wildman–Crippen MR) is 79.6 cm³/mol. The van der Waals surface area contributed by atoms with E-state index in [-0.39, 0.29) is 18.1 Å². The Morgan fingerprint density at radius 2 is 2.10 bits per heavy atom. The average Bonchev–Trinajstić information content (AvgIpc) is 2.92. The van der Waals surface area contributed by atoms with Gasteiger partial charge in [-0.3, -0.25) is 4.79 Å². The third-order valence-corrected chi connectivity index (χ3v) is 3.48. The number of rotatable bonds is 7. The van der Waals surface area contributed by atoms with Gasteiger partial charge in [0.2, 0.25) is 6.79 Å². The number of nitrogens with one attached hydrogen (secondary N) is 1. The van der Waals surface area contributed by atoms with E-state index in [4.69, 9.17) is 14.2 Å². The molecule has 116 valence electrons. The van der Waals surface area contributed by atoms with E-state index in [0.29, 0.717) is 13.4 Å². The minimum absolute atomic E-state index is 0.201. The van der Waals surface area contributed by atoms with Gasteiger partial charge in [-0.2, -0.15) is 0 Å². The lowest BCUT2D eigenvalue weighted by molar-refractivity contribution is -0.145. The summed E-state index contributed by atoms with van der Waals surface area (Å²) in [6.45, 7) is 6.43. The molecule has 0 bridgehead atoms. The highest BCUT2D eigenvalue weighted by atomic mass is 16.7. The molecule has 5 heteroatoms. The molecule has 2 atom stereocenters. The highest BCUT2D eigenvalue weighted by Crippen LogP contribution is 2.32. The van der Waals surface area contributed by atoms with Gasteiger partial charge in [0, 0.05) is 6.04 Å². The van der Waals surface area contributed by atoms with Gasteiger partial charge in [-0.1, -0.05) is 6.07 Å². The fourth-order valence-corrected chi connectivity index (χ4v) is 2.33. The Kier molecular flexibility index (Phi) is 5.44. The number of hydrogen-bond acceptors (Lipinski definition) is 5. The molecule has 0 amide bonds. The maximum atomic E-state index is 11.6. The molecule has 1 aromatic rings. The molecule has 2 unspecified atom stereocenters. The summed E-state index contributed by atoms with van der Waals surface area (Å²) in [5.74, 6) is 1.42. The minimum atomic E-state index is -0.281. The molecule has 2 rings (SSSR count). The summed E-state index contributed by atoms with van der Waals surface area (Å²) in [5.41, 5.74) is 1.21. The molecular weight excluding hydrogens is 270 g/mol. The zero-order chi connectivity index (χ0) is 15.2. The summed E-state index contributed by atoms with van der Waals surface area (Å²) in [6, 6.07) is 5.96. The van der Waals surface area contributed by atoms with Crippen LogP contribution in [0, 0.1) is 0 Å². The Morgan fingerprint density at radius 1 is 1.33 bits per heavy atom. The first-order valence-corrected chi connectivity index (χ1v) is 7.41. The summed E-state index contributed by atoms with van der Waals surface area (Å²) in [7, 11) is 0. The van der Waals surface area contributed by atoms with Crippen molar-refractivity contribution in [2.75, 3.05) is 13.4 Å². The van der Waals surface area contributed by atoms with Gasteiger partial charge >= 0.3 is 5.97 Å². The monoisotopic (exact) mass is 293 g/mol. The van der Waals surface area contributed by atoms with Crippen LogP contribution in [0.15, 0.2) is 18.2 Å². The molecule has 0 saturated carbocycles. The molecular formula is C16H23NO4. The van der Waals surface area contributed by atoms with Gasteiger partial charge in [-0.15, -0.1) is 0 Å². The number of hydrogen-bond donors (Lipinski definition) is 1. The van der Waals surface area contributed by atoms with Crippen molar-refractivity contribution in [3.05, 3.63) is 23.8 Å². The molecule has 0 fully saturated rings. The molecule has 1 N–H and O–H groups in total. The largest absolute Gasteiger partial charge is 0.465 e. The molecule has 21 heavy (non-hydrogen) atoms. The fourth-order valence-electron chi connectivity index (χ4n) is 2.33. The molecule has 0 spiro atoms. The third kappa shape index (κ3) is 4.36. The normalized spacial score (nSPS) is 15.6. The van der Waals surface area contributed by atoms with Crippen molar-refractivity contribution in [2.24, 2.45) is 0 Å². The van der Waals surface area contributed by atoms with Crippen molar-refractivity contribution in [3.8, 4) is 11.5 Å². The second kappa shape index (κ2) is 7.31. The van der Waals surface area contributed by atoms with Crippen LogP contribution in [0.3, 0.4) is 0 Å².